The summed E-state index contributed by atoms with van der Waals surface area (Å²) in [5.41, 5.74) is 0. The number of halogens is 3. The van der Waals surface area contributed by atoms with Crippen molar-refractivity contribution in [3.63, 3.8) is 0 Å². The summed E-state index contributed by atoms with van der Waals surface area (Å²) < 4.78 is 37.9. The zero-order valence-electron chi connectivity index (χ0n) is 11.3. The number of piperidine rings is 1. The molecule has 0 aromatic carbocycles. The lowest BCUT2D eigenvalue weighted by Gasteiger charge is -2.35. The van der Waals surface area contributed by atoms with Gasteiger partial charge >= 0.3 is 6.18 Å². The third kappa shape index (κ3) is 2.92. The molecule has 0 bridgehead atoms. The van der Waals surface area contributed by atoms with Gasteiger partial charge < -0.3 is 10.2 Å². The molecule has 5 heteroatoms. The van der Waals surface area contributed by atoms with E-state index < -0.39 is 12.1 Å². The third-order valence-electron chi connectivity index (χ3n) is 5.38. The molecule has 3 aliphatic rings. The van der Waals surface area contributed by atoms with E-state index in [0.29, 0.717) is 19.1 Å². The molecule has 2 heterocycles. The van der Waals surface area contributed by atoms with E-state index in [0.717, 1.165) is 24.9 Å². The molecular weight excluding hydrogens is 253 g/mol. The van der Waals surface area contributed by atoms with Gasteiger partial charge in [-0.3, -0.25) is 0 Å². The molecular formula is C14H23F3N2. The number of nitrogens with zero attached hydrogens (tertiary/aromatic N) is 1. The van der Waals surface area contributed by atoms with Crippen molar-refractivity contribution in [3.8, 4) is 0 Å². The maximum Gasteiger partial charge on any atom is 0.391 e. The van der Waals surface area contributed by atoms with Crippen molar-refractivity contribution in [1.29, 1.82) is 0 Å². The van der Waals surface area contributed by atoms with Crippen LogP contribution >= 0.6 is 0 Å². The second kappa shape index (κ2) is 5.24. The van der Waals surface area contributed by atoms with E-state index in [2.05, 4.69) is 10.2 Å². The van der Waals surface area contributed by atoms with Gasteiger partial charge in [-0.1, -0.05) is 6.42 Å². The predicted molar refractivity (Wildman–Crippen MR) is 67.8 cm³/mol. The number of likely N-dealkylation sites (tertiary alicyclic amines) is 1. The van der Waals surface area contributed by atoms with Gasteiger partial charge in [0.1, 0.15) is 0 Å². The fourth-order valence-electron chi connectivity index (χ4n) is 4.22. The molecule has 3 atom stereocenters. The molecule has 0 amide bonds. The Bertz CT molecular complexity index is 310. The zero-order valence-corrected chi connectivity index (χ0v) is 11.3. The molecule has 0 aromatic heterocycles. The second-order valence-electron chi connectivity index (χ2n) is 6.49. The number of hydrogen-bond acceptors (Lipinski definition) is 2. The minimum Gasteiger partial charge on any atom is -0.312 e. The molecule has 110 valence electrons. The minimum atomic E-state index is -3.99. The Kier molecular flexibility index (Phi) is 3.78. The fraction of sp³-hybridized carbons (Fsp3) is 1.00. The highest BCUT2D eigenvalue weighted by Gasteiger charge is 2.43. The summed E-state index contributed by atoms with van der Waals surface area (Å²) in [5.74, 6) is 0.539. The quantitative estimate of drug-likeness (QED) is 0.834. The van der Waals surface area contributed by atoms with Gasteiger partial charge in [0, 0.05) is 12.6 Å². The molecule has 2 nitrogen and oxygen atoms in total. The van der Waals surface area contributed by atoms with Gasteiger partial charge in [0.15, 0.2) is 0 Å². The van der Waals surface area contributed by atoms with Gasteiger partial charge in [-0.2, -0.15) is 13.2 Å². The number of nitrogens with one attached hydrogen (secondary N) is 1. The summed E-state index contributed by atoms with van der Waals surface area (Å²) in [7, 11) is 0. The van der Waals surface area contributed by atoms with Crippen LogP contribution in [0.2, 0.25) is 0 Å². The Morgan fingerprint density at radius 3 is 2.47 bits per heavy atom. The standard InChI is InChI=1S/C14H23F3N2/c15-14(16,17)11-4-6-19(7-5-11)9-13-12-3-1-2-10(12)8-18-13/h10-13,18H,1-9H2. The molecule has 2 aliphatic heterocycles. The monoisotopic (exact) mass is 276 g/mol. The molecule has 0 spiro atoms. The van der Waals surface area contributed by atoms with Crippen LogP contribution in [0.1, 0.15) is 32.1 Å². The number of rotatable bonds is 2. The molecule has 3 unspecified atom stereocenters. The van der Waals surface area contributed by atoms with E-state index in [1.807, 2.05) is 0 Å². The van der Waals surface area contributed by atoms with Crippen molar-refractivity contribution in [2.45, 2.75) is 44.3 Å². The van der Waals surface area contributed by atoms with Crippen molar-refractivity contribution in [1.82, 2.24) is 10.2 Å². The highest BCUT2D eigenvalue weighted by molar-refractivity contribution is 4.95. The topological polar surface area (TPSA) is 15.3 Å². The van der Waals surface area contributed by atoms with Crippen LogP contribution < -0.4 is 5.32 Å². The molecule has 2 saturated heterocycles. The molecule has 0 radical (unpaired) electrons. The highest BCUT2D eigenvalue weighted by atomic mass is 19.4. The van der Waals surface area contributed by atoms with Crippen LogP contribution in [0.5, 0.6) is 0 Å². The van der Waals surface area contributed by atoms with E-state index in [4.69, 9.17) is 0 Å². The minimum absolute atomic E-state index is 0.282. The van der Waals surface area contributed by atoms with Crippen LogP contribution in [0.25, 0.3) is 0 Å². The first kappa shape index (κ1) is 13.7. The maximum atomic E-state index is 12.6. The lowest BCUT2D eigenvalue weighted by Crippen LogP contribution is -2.45. The first-order valence-electron chi connectivity index (χ1n) is 7.56. The average molecular weight is 276 g/mol. The smallest absolute Gasteiger partial charge is 0.312 e. The Morgan fingerprint density at radius 1 is 1.05 bits per heavy atom. The van der Waals surface area contributed by atoms with Crippen LogP contribution in [0.4, 0.5) is 13.2 Å². The molecule has 1 aliphatic carbocycles. The van der Waals surface area contributed by atoms with Crippen LogP contribution in [-0.4, -0.2) is 43.3 Å². The summed E-state index contributed by atoms with van der Waals surface area (Å²) in [6.07, 6.45) is 0.554. The highest BCUT2D eigenvalue weighted by Crippen LogP contribution is 2.39. The van der Waals surface area contributed by atoms with Crippen molar-refractivity contribution < 1.29 is 13.2 Å². The zero-order chi connectivity index (χ0) is 13.5. The lowest BCUT2D eigenvalue weighted by molar-refractivity contribution is -0.185. The van der Waals surface area contributed by atoms with Crippen molar-refractivity contribution in [2.75, 3.05) is 26.2 Å². The summed E-state index contributed by atoms with van der Waals surface area (Å²) in [5, 5.41) is 3.58. The van der Waals surface area contributed by atoms with Crippen LogP contribution in [0, 0.1) is 17.8 Å². The first-order chi connectivity index (χ1) is 9.04. The Balaban J connectivity index is 1.47. The Morgan fingerprint density at radius 2 is 1.79 bits per heavy atom. The number of alkyl halides is 3. The molecule has 0 aromatic rings. The van der Waals surface area contributed by atoms with Gasteiger partial charge in [-0.25, -0.2) is 0 Å². The van der Waals surface area contributed by atoms with E-state index >= 15 is 0 Å². The summed E-state index contributed by atoms with van der Waals surface area (Å²) in [6, 6.07) is 0.523. The van der Waals surface area contributed by atoms with E-state index in [-0.39, 0.29) is 12.8 Å². The third-order valence-corrected chi connectivity index (χ3v) is 5.38. The number of hydrogen-bond donors (Lipinski definition) is 1. The molecule has 3 fully saturated rings. The SMILES string of the molecule is FC(F)(F)C1CCN(CC2NCC3CCCC32)CC1. The molecule has 1 saturated carbocycles. The summed E-state index contributed by atoms with van der Waals surface area (Å²) in [6.45, 7) is 3.29. The van der Waals surface area contributed by atoms with Crippen LogP contribution in [0.15, 0.2) is 0 Å². The van der Waals surface area contributed by atoms with Gasteiger partial charge in [-0.15, -0.1) is 0 Å². The van der Waals surface area contributed by atoms with E-state index in [1.54, 1.807) is 0 Å². The second-order valence-corrected chi connectivity index (χ2v) is 6.49. The van der Waals surface area contributed by atoms with E-state index in [1.165, 1.54) is 19.3 Å². The average Bonchev–Trinajstić information content (AvgIpc) is 2.94. The van der Waals surface area contributed by atoms with Gasteiger partial charge in [0.25, 0.3) is 0 Å². The van der Waals surface area contributed by atoms with Crippen molar-refractivity contribution in [3.05, 3.63) is 0 Å². The fourth-order valence-corrected chi connectivity index (χ4v) is 4.22. The lowest BCUT2D eigenvalue weighted by atomic mass is 9.92. The maximum absolute atomic E-state index is 12.6. The van der Waals surface area contributed by atoms with Crippen molar-refractivity contribution >= 4 is 0 Å². The van der Waals surface area contributed by atoms with Gasteiger partial charge in [-0.05, 0) is 57.2 Å². The van der Waals surface area contributed by atoms with Crippen LogP contribution in [-0.2, 0) is 0 Å². The normalized spacial score (nSPS) is 37.7. The Hall–Kier alpha value is -0.290. The molecule has 19 heavy (non-hydrogen) atoms. The predicted octanol–water partition coefficient (Wildman–Crippen LogP) is 2.65. The first-order valence-corrected chi connectivity index (χ1v) is 7.56. The van der Waals surface area contributed by atoms with Gasteiger partial charge in [0.2, 0.25) is 0 Å². The number of fused-ring (bicyclic) bond motifs is 1. The summed E-state index contributed by atoms with van der Waals surface area (Å²) in [4.78, 5) is 2.24. The summed E-state index contributed by atoms with van der Waals surface area (Å²) >= 11 is 0. The van der Waals surface area contributed by atoms with Gasteiger partial charge in [0.05, 0.1) is 5.92 Å². The molecule has 1 N–H and O–H groups in total. The molecule has 3 rings (SSSR count). The van der Waals surface area contributed by atoms with E-state index in [9.17, 15) is 13.2 Å². The Labute approximate surface area is 112 Å². The largest absolute Gasteiger partial charge is 0.391 e. The van der Waals surface area contributed by atoms with Crippen molar-refractivity contribution in [2.24, 2.45) is 17.8 Å². The van der Waals surface area contributed by atoms with Crippen LogP contribution in [0.3, 0.4) is 0 Å².